The van der Waals surface area contributed by atoms with Gasteiger partial charge in [-0.05, 0) is 67.6 Å². The van der Waals surface area contributed by atoms with Crippen LogP contribution in [0.4, 0.5) is 8.78 Å². The fraction of sp³-hybridized carbons (Fsp3) is 0.292. The number of hydrogen-bond acceptors (Lipinski definition) is 5. The van der Waals surface area contributed by atoms with Crippen molar-refractivity contribution < 1.29 is 27.1 Å². The quantitative estimate of drug-likeness (QED) is 0.537. The van der Waals surface area contributed by atoms with Crippen molar-refractivity contribution in [2.24, 2.45) is 0 Å². The van der Waals surface area contributed by atoms with Gasteiger partial charge in [0, 0.05) is 12.7 Å². The van der Waals surface area contributed by atoms with Gasteiger partial charge in [0.05, 0.1) is 22.2 Å². The lowest BCUT2D eigenvalue weighted by Gasteiger charge is -2.33. The summed E-state index contributed by atoms with van der Waals surface area (Å²) in [5.41, 5.74) is 1.04. The number of sulfonamides is 1. The lowest BCUT2D eigenvalue weighted by Crippen LogP contribution is -2.39. The minimum atomic E-state index is -3.94. The van der Waals surface area contributed by atoms with Crippen molar-refractivity contribution >= 4 is 16.0 Å². The standard InChI is InChI=1S/C24H23F2N3O4S/c25-17-7-4-16(5-8-17)6-13-21-20(24(30)31)15-27-23(28-21)22-3-1-2-14-29(22)34(32,33)19-11-9-18(26)10-12-19/h4-5,7-12,15,22H,1-3,6,13-14H2,(H,30,31). The van der Waals surface area contributed by atoms with E-state index in [9.17, 15) is 27.1 Å². The zero-order valence-electron chi connectivity index (χ0n) is 18.2. The number of aromatic carboxylic acids is 1. The van der Waals surface area contributed by atoms with E-state index in [2.05, 4.69) is 9.97 Å². The van der Waals surface area contributed by atoms with Crippen molar-refractivity contribution in [2.75, 3.05) is 6.54 Å². The molecule has 0 amide bonds. The first-order valence-corrected chi connectivity index (χ1v) is 12.3. The molecule has 34 heavy (non-hydrogen) atoms. The maximum atomic E-state index is 13.3. The SMILES string of the molecule is O=C(O)c1cnc(C2CCCCN2S(=O)(=O)c2ccc(F)cc2)nc1CCc1ccc(F)cc1. The van der Waals surface area contributed by atoms with Crippen LogP contribution >= 0.6 is 0 Å². The molecule has 3 aromatic rings. The van der Waals surface area contributed by atoms with Gasteiger partial charge >= 0.3 is 5.97 Å². The highest BCUT2D eigenvalue weighted by Gasteiger charge is 2.36. The summed E-state index contributed by atoms with van der Waals surface area (Å²) in [5.74, 6) is -1.85. The number of carboxylic acids is 1. The van der Waals surface area contributed by atoms with E-state index >= 15 is 0 Å². The normalized spacial score (nSPS) is 16.9. The third kappa shape index (κ3) is 5.13. The third-order valence-corrected chi connectivity index (χ3v) is 7.77. The first-order valence-electron chi connectivity index (χ1n) is 10.9. The van der Waals surface area contributed by atoms with Crippen molar-refractivity contribution in [1.29, 1.82) is 0 Å². The maximum Gasteiger partial charge on any atom is 0.339 e. The highest BCUT2D eigenvalue weighted by Crippen LogP contribution is 2.34. The molecule has 1 N–H and O–H groups in total. The number of halogens is 2. The fourth-order valence-corrected chi connectivity index (χ4v) is 5.72. The summed E-state index contributed by atoms with van der Waals surface area (Å²) in [4.78, 5) is 20.4. The van der Waals surface area contributed by atoms with Gasteiger partial charge in [0.25, 0.3) is 0 Å². The van der Waals surface area contributed by atoms with Gasteiger partial charge in [0.15, 0.2) is 0 Å². The molecule has 1 aliphatic heterocycles. The molecule has 1 aromatic heterocycles. The highest BCUT2D eigenvalue weighted by atomic mass is 32.2. The van der Waals surface area contributed by atoms with E-state index in [1.165, 1.54) is 34.8 Å². The maximum absolute atomic E-state index is 13.3. The Kier molecular flexibility index (Phi) is 6.99. The second-order valence-electron chi connectivity index (χ2n) is 8.10. The molecule has 1 aliphatic rings. The van der Waals surface area contributed by atoms with E-state index in [0.717, 1.165) is 24.1 Å². The number of aryl methyl sites for hydroxylation is 2. The number of rotatable bonds is 7. The van der Waals surface area contributed by atoms with Crippen LogP contribution in [0.15, 0.2) is 59.6 Å². The Labute approximate surface area is 196 Å². The molecule has 10 heteroatoms. The van der Waals surface area contributed by atoms with Crippen molar-refractivity contribution in [2.45, 2.75) is 43.0 Å². The number of piperidine rings is 1. The number of benzene rings is 2. The molecule has 1 saturated heterocycles. The van der Waals surface area contributed by atoms with Crippen LogP contribution in [0.25, 0.3) is 0 Å². The van der Waals surface area contributed by atoms with Crippen molar-refractivity contribution in [3.63, 3.8) is 0 Å². The van der Waals surface area contributed by atoms with Crippen LogP contribution in [0.5, 0.6) is 0 Å². The molecule has 178 valence electrons. The Morgan fingerprint density at radius 2 is 1.65 bits per heavy atom. The Morgan fingerprint density at radius 1 is 1.00 bits per heavy atom. The average Bonchev–Trinajstić information content (AvgIpc) is 2.83. The van der Waals surface area contributed by atoms with E-state index in [1.807, 2.05) is 0 Å². The van der Waals surface area contributed by atoms with Crippen LogP contribution in [0.1, 0.15) is 52.7 Å². The van der Waals surface area contributed by atoms with Crippen LogP contribution in [-0.4, -0.2) is 40.3 Å². The first-order chi connectivity index (χ1) is 16.3. The van der Waals surface area contributed by atoms with Gasteiger partial charge in [-0.2, -0.15) is 4.31 Å². The summed E-state index contributed by atoms with van der Waals surface area (Å²) in [6.45, 7) is 0.249. The largest absolute Gasteiger partial charge is 0.478 e. The summed E-state index contributed by atoms with van der Waals surface area (Å²) in [6.07, 6.45) is 3.79. The van der Waals surface area contributed by atoms with E-state index in [4.69, 9.17) is 0 Å². The topological polar surface area (TPSA) is 100 Å². The second kappa shape index (κ2) is 9.94. The Hall–Kier alpha value is -3.24. The monoisotopic (exact) mass is 487 g/mol. The second-order valence-corrected chi connectivity index (χ2v) is 9.99. The van der Waals surface area contributed by atoms with E-state index in [0.29, 0.717) is 19.3 Å². The van der Waals surface area contributed by atoms with Gasteiger partial charge in [0.2, 0.25) is 10.0 Å². The molecule has 4 rings (SSSR count). The van der Waals surface area contributed by atoms with Crippen molar-refractivity contribution in [1.82, 2.24) is 14.3 Å². The summed E-state index contributed by atoms with van der Waals surface area (Å²) >= 11 is 0. The zero-order chi connectivity index (χ0) is 24.3. The molecular weight excluding hydrogens is 464 g/mol. The number of nitrogens with zero attached hydrogens (tertiary/aromatic N) is 3. The van der Waals surface area contributed by atoms with Crippen molar-refractivity contribution in [3.8, 4) is 0 Å². The average molecular weight is 488 g/mol. The summed E-state index contributed by atoms with van der Waals surface area (Å²) < 4.78 is 54.4. The fourth-order valence-electron chi connectivity index (χ4n) is 4.07. The molecule has 7 nitrogen and oxygen atoms in total. The molecule has 1 fully saturated rings. The van der Waals surface area contributed by atoms with Crippen LogP contribution < -0.4 is 0 Å². The summed E-state index contributed by atoms with van der Waals surface area (Å²) in [5, 5.41) is 9.59. The van der Waals surface area contributed by atoms with Gasteiger partial charge in [-0.15, -0.1) is 0 Å². The molecule has 0 saturated carbocycles. The Balaban J connectivity index is 1.65. The zero-order valence-corrected chi connectivity index (χ0v) is 19.0. The lowest BCUT2D eigenvalue weighted by molar-refractivity contribution is 0.0694. The van der Waals surface area contributed by atoms with Crippen LogP contribution in [0.3, 0.4) is 0 Å². The third-order valence-electron chi connectivity index (χ3n) is 5.85. The minimum Gasteiger partial charge on any atom is -0.478 e. The van der Waals surface area contributed by atoms with Crippen LogP contribution in [-0.2, 0) is 22.9 Å². The molecule has 0 spiro atoms. The number of carbonyl (C=O) groups is 1. The molecule has 1 unspecified atom stereocenters. The summed E-state index contributed by atoms with van der Waals surface area (Å²) in [6, 6.07) is 9.87. The molecule has 0 bridgehead atoms. The van der Waals surface area contributed by atoms with Gasteiger partial charge in [0.1, 0.15) is 17.5 Å². The minimum absolute atomic E-state index is 0.0283. The van der Waals surface area contributed by atoms with E-state index in [-0.39, 0.29) is 40.8 Å². The highest BCUT2D eigenvalue weighted by molar-refractivity contribution is 7.89. The predicted molar refractivity (Wildman–Crippen MR) is 120 cm³/mol. The molecule has 2 aromatic carbocycles. The smallest absolute Gasteiger partial charge is 0.339 e. The van der Waals surface area contributed by atoms with Gasteiger partial charge in [-0.1, -0.05) is 18.6 Å². The van der Waals surface area contributed by atoms with Crippen LogP contribution in [0, 0.1) is 11.6 Å². The molecule has 2 heterocycles. The van der Waals surface area contributed by atoms with Crippen LogP contribution in [0.2, 0.25) is 0 Å². The molecular formula is C24H23F2N3O4S. The van der Waals surface area contributed by atoms with Crippen molar-refractivity contribution in [3.05, 3.63) is 89.0 Å². The summed E-state index contributed by atoms with van der Waals surface area (Å²) in [7, 11) is -3.94. The number of aromatic nitrogens is 2. The molecule has 1 atom stereocenters. The van der Waals surface area contributed by atoms with E-state index < -0.39 is 27.9 Å². The Morgan fingerprint density at radius 3 is 2.29 bits per heavy atom. The molecule has 0 aliphatic carbocycles. The van der Waals surface area contributed by atoms with Gasteiger partial charge < -0.3 is 5.11 Å². The van der Waals surface area contributed by atoms with Gasteiger partial charge in [-0.3, -0.25) is 0 Å². The lowest BCUT2D eigenvalue weighted by atomic mass is 10.0. The van der Waals surface area contributed by atoms with E-state index in [1.54, 1.807) is 12.1 Å². The van der Waals surface area contributed by atoms with Gasteiger partial charge in [-0.25, -0.2) is 32.0 Å². The number of carboxylic acid groups (broad SMARTS) is 1. The first kappa shape index (κ1) is 23.9. The predicted octanol–water partition coefficient (Wildman–Crippen LogP) is 4.15. The Bertz CT molecular complexity index is 1280. The molecule has 0 radical (unpaired) electrons. The number of hydrogen-bond donors (Lipinski definition) is 1.